The van der Waals surface area contributed by atoms with E-state index >= 15 is 0 Å². The number of anilines is 1. The molecule has 0 spiro atoms. The Kier molecular flexibility index (Phi) is 2.37. The largest absolute Gasteiger partial charge is 0.466 e. The van der Waals surface area contributed by atoms with Gasteiger partial charge in [-0.25, -0.2) is 4.79 Å². The van der Waals surface area contributed by atoms with Gasteiger partial charge in [0.05, 0.1) is 24.6 Å². The first kappa shape index (κ1) is 12.3. The van der Waals surface area contributed by atoms with E-state index in [0.717, 1.165) is 0 Å². The van der Waals surface area contributed by atoms with Crippen molar-refractivity contribution in [1.29, 1.82) is 0 Å². The Morgan fingerprint density at radius 2 is 1.71 bits per heavy atom. The minimum atomic E-state index is -0.401. The molecule has 0 bridgehead atoms. The maximum atomic E-state index is 12.5. The summed E-state index contributed by atoms with van der Waals surface area (Å²) in [6.45, 7) is 0. The minimum Gasteiger partial charge on any atom is -0.466 e. The maximum Gasteiger partial charge on any atom is 0.333 e. The van der Waals surface area contributed by atoms with Crippen molar-refractivity contribution in [2.75, 3.05) is 12.0 Å². The first-order valence-corrected chi connectivity index (χ1v) is 6.88. The molecule has 4 rings (SSSR count). The van der Waals surface area contributed by atoms with Crippen molar-refractivity contribution < 1.29 is 19.1 Å². The van der Waals surface area contributed by atoms with E-state index in [2.05, 4.69) is 0 Å². The van der Waals surface area contributed by atoms with Crippen LogP contribution in [0.1, 0.15) is 0 Å². The molecule has 21 heavy (non-hydrogen) atoms. The van der Waals surface area contributed by atoms with E-state index in [-0.39, 0.29) is 29.6 Å². The second-order valence-corrected chi connectivity index (χ2v) is 5.62. The normalized spacial score (nSPS) is 32.6. The van der Waals surface area contributed by atoms with Gasteiger partial charge in [0.15, 0.2) is 0 Å². The third kappa shape index (κ3) is 1.38. The van der Waals surface area contributed by atoms with Crippen molar-refractivity contribution in [3.05, 3.63) is 42.0 Å². The number of esters is 1. The lowest BCUT2D eigenvalue weighted by Gasteiger charge is -2.51. The number of fused-ring (bicyclic) bond motifs is 4. The van der Waals surface area contributed by atoms with E-state index in [1.807, 2.05) is 6.07 Å². The summed E-state index contributed by atoms with van der Waals surface area (Å²) >= 11 is 0. The molecule has 1 saturated carbocycles. The van der Waals surface area contributed by atoms with Crippen molar-refractivity contribution in [2.24, 2.45) is 23.7 Å². The van der Waals surface area contributed by atoms with E-state index in [1.165, 1.54) is 12.0 Å². The quantitative estimate of drug-likeness (QED) is 0.603. The predicted octanol–water partition coefficient (Wildman–Crippen LogP) is 1.15. The fraction of sp³-hybridized carbons (Fsp3) is 0.312. The summed E-state index contributed by atoms with van der Waals surface area (Å²) < 4.78 is 4.71. The Morgan fingerprint density at radius 1 is 1.05 bits per heavy atom. The highest BCUT2D eigenvalue weighted by Crippen LogP contribution is 2.61. The van der Waals surface area contributed by atoms with E-state index in [9.17, 15) is 14.4 Å². The molecule has 1 aliphatic heterocycles. The molecule has 0 radical (unpaired) electrons. The number of rotatable bonds is 2. The SMILES string of the molecule is COC(=O)C1=CC2C3C(=O)N(c4ccccc4)C(=O)C3C12. The summed E-state index contributed by atoms with van der Waals surface area (Å²) in [4.78, 5) is 37.9. The lowest BCUT2D eigenvalue weighted by molar-refractivity contribution is -0.144. The molecule has 106 valence electrons. The van der Waals surface area contributed by atoms with Crippen LogP contribution in [0.5, 0.6) is 0 Å². The first-order valence-electron chi connectivity index (χ1n) is 6.88. The molecule has 1 aromatic rings. The molecule has 1 saturated heterocycles. The van der Waals surface area contributed by atoms with Gasteiger partial charge in [0.1, 0.15) is 0 Å². The van der Waals surface area contributed by atoms with Crippen LogP contribution in [0.2, 0.25) is 0 Å². The average molecular weight is 283 g/mol. The predicted molar refractivity (Wildman–Crippen MR) is 73.0 cm³/mol. The van der Waals surface area contributed by atoms with E-state index in [0.29, 0.717) is 11.3 Å². The van der Waals surface area contributed by atoms with Crippen LogP contribution in [-0.4, -0.2) is 24.9 Å². The summed E-state index contributed by atoms with van der Waals surface area (Å²) in [6.07, 6.45) is 1.78. The summed E-state index contributed by atoms with van der Waals surface area (Å²) in [6, 6.07) is 8.92. The van der Waals surface area contributed by atoms with Crippen LogP contribution in [0.15, 0.2) is 42.0 Å². The van der Waals surface area contributed by atoms with Gasteiger partial charge < -0.3 is 4.74 Å². The zero-order valence-electron chi connectivity index (χ0n) is 11.4. The van der Waals surface area contributed by atoms with Gasteiger partial charge in [-0.2, -0.15) is 0 Å². The number of carbonyl (C=O) groups is 3. The molecule has 1 aromatic carbocycles. The van der Waals surface area contributed by atoms with Crippen molar-refractivity contribution in [3.63, 3.8) is 0 Å². The van der Waals surface area contributed by atoms with Crippen molar-refractivity contribution in [2.45, 2.75) is 0 Å². The van der Waals surface area contributed by atoms with Gasteiger partial charge in [-0.3, -0.25) is 14.5 Å². The Bertz CT molecular complexity index is 693. The third-order valence-electron chi connectivity index (χ3n) is 4.78. The number of hydrogen-bond acceptors (Lipinski definition) is 4. The highest BCUT2D eigenvalue weighted by molar-refractivity contribution is 6.24. The van der Waals surface area contributed by atoms with E-state index in [4.69, 9.17) is 4.74 Å². The third-order valence-corrected chi connectivity index (χ3v) is 4.78. The van der Waals surface area contributed by atoms with Crippen LogP contribution in [0.4, 0.5) is 5.69 Å². The van der Waals surface area contributed by atoms with E-state index < -0.39 is 11.9 Å². The van der Waals surface area contributed by atoms with Gasteiger partial charge >= 0.3 is 5.97 Å². The van der Waals surface area contributed by atoms with Crippen molar-refractivity contribution >= 4 is 23.5 Å². The second kappa shape index (κ2) is 4.04. The first-order chi connectivity index (χ1) is 10.1. The topological polar surface area (TPSA) is 63.7 Å². The number of benzene rings is 1. The van der Waals surface area contributed by atoms with Gasteiger partial charge in [-0.05, 0) is 18.1 Å². The zero-order valence-corrected chi connectivity index (χ0v) is 11.4. The Hall–Kier alpha value is -2.43. The molecule has 2 aliphatic carbocycles. The van der Waals surface area contributed by atoms with Crippen LogP contribution in [-0.2, 0) is 19.1 Å². The minimum absolute atomic E-state index is 0.00858. The fourth-order valence-electron chi connectivity index (χ4n) is 3.77. The van der Waals surface area contributed by atoms with Gasteiger partial charge in [0.2, 0.25) is 11.8 Å². The molecule has 5 heteroatoms. The lowest BCUT2D eigenvalue weighted by Crippen LogP contribution is -2.55. The van der Waals surface area contributed by atoms with E-state index in [1.54, 1.807) is 30.3 Å². The molecule has 0 N–H and O–H groups in total. The van der Waals surface area contributed by atoms with Gasteiger partial charge in [0.25, 0.3) is 0 Å². The number of allylic oxidation sites excluding steroid dienone is 1. The van der Waals surface area contributed by atoms with Gasteiger partial charge in [-0.15, -0.1) is 0 Å². The molecule has 5 nitrogen and oxygen atoms in total. The van der Waals surface area contributed by atoms with Gasteiger partial charge in [-0.1, -0.05) is 24.3 Å². The average Bonchev–Trinajstić information content (AvgIpc) is 2.68. The van der Waals surface area contributed by atoms with Gasteiger partial charge in [0, 0.05) is 11.5 Å². The monoisotopic (exact) mass is 283 g/mol. The molecule has 3 aliphatic rings. The fourth-order valence-corrected chi connectivity index (χ4v) is 3.77. The van der Waals surface area contributed by atoms with Crippen LogP contribution < -0.4 is 4.90 Å². The van der Waals surface area contributed by atoms with Crippen LogP contribution in [0.25, 0.3) is 0 Å². The van der Waals surface area contributed by atoms with Crippen LogP contribution in [0, 0.1) is 23.7 Å². The Labute approximate surface area is 121 Å². The summed E-state index contributed by atoms with van der Waals surface area (Å²) in [7, 11) is 1.32. The number of nitrogens with zero attached hydrogens (tertiary/aromatic N) is 1. The number of ether oxygens (including phenoxy) is 1. The molecule has 0 aromatic heterocycles. The second-order valence-electron chi connectivity index (χ2n) is 5.62. The van der Waals surface area contributed by atoms with Crippen molar-refractivity contribution in [1.82, 2.24) is 0 Å². The molecule has 2 amide bonds. The number of carbonyl (C=O) groups excluding carboxylic acids is 3. The Morgan fingerprint density at radius 3 is 2.38 bits per heavy atom. The number of hydrogen-bond donors (Lipinski definition) is 0. The zero-order chi connectivity index (χ0) is 14.7. The lowest BCUT2D eigenvalue weighted by atomic mass is 9.49. The number of imide groups is 1. The number of amides is 2. The molecule has 4 atom stereocenters. The maximum absolute atomic E-state index is 12.5. The molecular formula is C16H13NO4. The molecule has 4 unspecified atom stereocenters. The highest BCUT2D eigenvalue weighted by Gasteiger charge is 2.69. The standard InChI is InChI=1S/C16H13NO4/c1-21-16(20)10-7-9-11(10)13-12(9)14(18)17(15(13)19)8-5-3-2-4-6-8/h2-7,9,11-13H,1H3. The summed E-state index contributed by atoms with van der Waals surface area (Å²) in [5, 5.41) is 0. The molecule has 1 heterocycles. The summed E-state index contributed by atoms with van der Waals surface area (Å²) in [5.74, 6) is -1.60. The van der Waals surface area contributed by atoms with Crippen LogP contribution in [0.3, 0.4) is 0 Å². The Balaban J connectivity index is 1.66. The number of methoxy groups -OCH3 is 1. The van der Waals surface area contributed by atoms with Crippen molar-refractivity contribution in [3.8, 4) is 0 Å². The molecule has 2 fully saturated rings. The summed E-state index contributed by atoms with van der Waals surface area (Å²) in [5.41, 5.74) is 1.14. The smallest absolute Gasteiger partial charge is 0.333 e. The van der Waals surface area contributed by atoms with Crippen LogP contribution >= 0.6 is 0 Å². The number of para-hydroxylation sites is 1. The molecular weight excluding hydrogens is 270 g/mol. The highest BCUT2D eigenvalue weighted by atomic mass is 16.5.